The minimum Gasteiger partial charge on any atom is -0.493 e. The van der Waals surface area contributed by atoms with E-state index in [2.05, 4.69) is 9.71 Å². The van der Waals surface area contributed by atoms with Gasteiger partial charge >= 0.3 is 0 Å². The highest BCUT2D eigenvalue weighted by Crippen LogP contribution is 2.24. The molecule has 0 atom stereocenters. The van der Waals surface area contributed by atoms with Crippen molar-refractivity contribution in [3.8, 4) is 5.75 Å². The Morgan fingerprint density at radius 1 is 1.18 bits per heavy atom. The smallest absolute Gasteiger partial charge is 0.263 e. The number of rotatable bonds is 6. The highest BCUT2D eigenvalue weighted by molar-refractivity contribution is 7.92. The number of nitrogens with zero attached hydrogens (tertiary/aromatic N) is 1. The van der Waals surface area contributed by atoms with Gasteiger partial charge in [-0.1, -0.05) is 13.0 Å². The van der Waals surface area contributed by atoms with E-state index >= 15 is 0 Å². The van der Waals surface area contributed by atoms with Crippen molar-refractivity contribution in [1.29, 1.82) is 0 Å². The first-order valence-electron chi connectivity index (χ1n) is 7.12. The summed E-state index contributed by atoms with van der Waals surface area (Å²) in [5.74, 6) is 1.04. The van der Waals surface area contributed by atoms with Crippen molar-refractivity contribution < 1.29 is 13.2 Å². The van der Waals surface area contributed by atoms with Gasteiger partial charge in [0.25, 0.3) is 10.0 Å². The van der Waals surface area contributed by atoms with E-state index in [1.165, 1.54) is 0 Å². The molecule has 0 spiro atoms. The molecule has 0 aliphatic rings. The second kappa shape index (κ2) is 6.79. The number of nitrogens with one attached hydrogen (secondary N) is 1. The fourth-order valence-corrected chi connectivity index (χ4v) is 3.11. The number of ether oxygens (including phenoxy) is 1. The van der Waals surface area contributed by atoms with Crippen LogP contribution in [0.3, 0.4) is 0 Å². The standard InChI is InChI=1S/C16H20N2O3S/c1-4-10-21-15-8-7-14(11-13(15)3)22(19,20)18-16-12(2)6-5-9-17-16/h5-9,11H,4,10H2,1-3H3,(H,17,18). The van der Waals surface area contributed by atoms with E-state index < -0.39 is 10.0 Å². The Bertz CT molecular complexity index is 758. The number of aromatic nitrogens is 1. The number of sulfonamides is 1. The summed E-state index contributed by atoms with van der Waals surface area (Å²) in [5, 5.41) is 0. The molecule has 118 valence electrons. The van der Waals surface area contributed by atoms with Crippen LogP contribution in [0.1, 0.15) is 24.5 Å². The van der Waals surface area contributed by atoms with Crippen molar-refractivity contribution in [3.63, 3.8) is 0 Å². The fraction of sp³-hybridized carbons (Fsp3) is 0.312. The van der Waals surface area contributed by atoms with Gasteiger partial charge in [0.05, 0.1) is 11.5 Å². The molecule has 0 unspecified atom stereocenters. The van der Waals surface area contributed by atoms with Crippen LogP contribution >= 0.6 is 0 Å². The van der Waals surface area contributed by atoms with E-state index in [1.807, 2.05) is 13.8 Å². The van der Waals surface area contributed by atoms with Crippen LogP contribution in [0, 0.1) is 13.8 Å². The van der Waals surface area contributed by atoms with Crippen LogP contribution in [0.2, 0.25) is 0 Å². The maximum atomic E-state index is 12.4. The van der Waals surface area contributed by atoms with E-state index in [4.69, 9.17) is 4.74 Å². The summed E-state index contributed by atoms with van der Waals surface area (Å²) >= 11 is 0. The Kier molecular flexibility index (Phi) is 5.03. The zero-order valence-electron chi connectivity index (χ0n) is 13.0. The first kappa shape index (κ1) is 16.3. The molecule has 22 heavy (non-hydrogen) atoms. The molecule has 0 radical (unpaired) electrons. The van der Waals surface area contributed by atoms with E-state index in [9.17, 15) is 8.42 Å². The van der Waals surface area contributed by atoms with Gasteiger partial charge in [0.1, 0.15) is 11.6 Å². The SMILES string of the molecule is CCCOc1ccc(S(=O)(=O)Nc2ncccc2C)cc1C. The highest BCUT2D eigenvalue weighted by atomic mass is 32.2. The predicted molar refractivity (Wildman–Crippen MR) is 86.7 cm³/mol. The van der Waals surface area contributed by atoms with E-state index in [1.54, 1.807) is 43.5 Å². The van der Waals surface area contributed by atoms with Gasteiger partial charge in [0, 0.05) is 6.20 Å². The second-order valence-corrected chi connectivity index (χ2v) is 6.73. The third kappa shape index (κ3) is 3.76. The number of benzene rings is 1. The average molecular weight is 320 g/mol. The van der Waals surface area contributed by atoms with Gasteiger partial charge in [-0.2, -0.15) is 0 Å². The molecular weight excluding hydrogens is 300 g/mol. The lowest BCUT2D eigenvalue weighted by Crippen LogP contribution is -2.15. The molecule has 1 heterocycles. The summed E-state index contributed by atoms with van der Waals surface area (Å²) in [6, 6.07) is 8.39. The van der Waals surface area contributed by atoms with Crippen LogP contribution in [0.5, 0.6) is 5.75 Å². The van der Waals surface area contributed by atoms with E-state index in [0.29, 0.717) is 18.2 Å². The van der Waals surface area contributed by atoms with E-state index in [0.717, 1.165) is 17.5 Å². The van der Waals surface area contributed by atoms with Crippen LogP contribution < -0.4 is 9.46 Å². The van der Waals surface area contributed by atoms with Crippen LogP contribution in [-0.4, -0.2) is 20.0 Å². The summed E-state index contributed by atoms with van der Waals surface area (Å²) in [5.41, 5.74) is 1.56. The van der Waals surface area contributed by atoms with Crippen molar-refractivity contribution in [2.75, 3.05) is 11.3 Å². The number of anilines is 1. The molecule has 0 bridgehead atoms. The average Bonchev–Trinajstić information content (AvgIpc) is 2.48. The van der Waals surface area contributed by atoms with E-state index in [-0.39, 0.29) is 4.90 Å². The van der Waals surface area contributed by atoms with Crippen LogP contribution in [-0.2, 0) is 10.0 Å². The van der Waals surface area contributed by atoms with Gasteiger partial charge in [0.15, 0.2) is 0 Å². The Morgan fingerprint density at radius 3 is 2.59 bits per heavy atom. The van der Waals surface area contributed by atoms with Crippen molar-refractivity contribution >= 4 is 15.8 Å². The van der Waals surface area contributed by atoms with Gasteiger partial charge < -0.3 is 4.74 Å². The number of pyridine rings is 1. The predicted octanol–water partition coefficient (Wildman–Crippen LogP) is 3.29. The molecule has 0 saturated carbocycles. The summed E-state index contributed by atoms with van der Waals surface area (Å²) in [4.78, 5) is 4.25. The monoisotopic (exact) mass is 320 g/mol. The van der Waals surface area contributed by atoms with Gasteiger partial charge in [0.2, 0.25) is 0 Å². The number of aryl methyl sites for hydroxylation is 2. The normalized spacial score (nSPS) is 11.2. The lowest BCUT2D eigenvalue weighted by molar-refractivity contribution is 0.315. The topological polar surface area (TPSA) is 68.3 Å². The van der Waals surface area contributed by atoms with Gasteiger partial charge in [-0.05, 0) is 55.7 Å². The van der Waals surface area contributed by atoms with Crippen molar-refractivity contribution in [2.45, 2.75) is 32.1 Å². The molecule has 2 rings (SSSR count). The van der Waals surface area contributed by atoms with Crippen LogP contribution in [0.15, 0.2) is 41.4 Å². The lowest BCUT2D eigenvalue weighted by atomic mass is 10.2. The quantitative estimate of drug-likeness (QED) is 0.887. The summed E-state index contributed by atoms with van der Waals surface area (Å²) in [6.07, 6.45) is 2.46. The molecule has 1 N–H and O–H groups in total. The first-order valence-corrected chi connectivity index (χ1v) is 8.60. The molecule has 2 aromatic rings. The summed E-state index contributed by atoms with van der Waals surface area (Å²) in [7, 11) is -3.66. The zero-order valence-corrected chi connectivity index (χ0v) is 13.8. The molecule has 0 fully saturated rings. The molecule has 6 heteroatoms. The Labute approximate surface area is 131 Å². The van der Waals surface area contributed by atoms with Crippen molar-refractivity contribution in [3.05, 3.63) is 47.7 Å². The number of hydrogen-bond donors (Lipinski definition) is 1. The molecule has 0 saturated heterocycles. The molecular formula is C16H20N2O3S. The molecule has 5 nitrogen and oxygen atoms in total. The van der Waals surface area contributed by atoms with Crippen LogP contribution in [0.4, 0.5) is 5.82 Å². The molecule has 1 aromatic carbocycles. The maximum absolute atomic E-state index is 12.4. The van der Waals surface area contributed by atoms with Gasteiger partial charge in [-0.15, -0.1) is 0 Å². The largest absolute Gasteiger partial charge is 0.493 e. The molecule has 0 aliphatic heterocycles. The third-order valence-electron chi connectivity index (χ3n) is 3.16. The maximum Gasteiger partial charge on any atom is 0.263 e. The van der Waals surface area contributed by atoms with Gasteiger partial charge in [-0.3, -0.25) is 4.72 Å². The lowest BCUT2D eigenvalue weighted by Gasteiger charge is -2.12. The molecule has 0 aliphatic carbocycles. The van der Waals surface area contributed by atoms with Crippen LogP contribution in [0.25, 0.3) is 0 Å². The summed E-state index contributed by atoms with van der Waals surface area (Å²) < 4.78 is 33.0. The second-order valence-electron chi connectivity index (χ2n) is 5.05. The summed E-state index contributed by atoms with van der Waals surface area (Å²) in [6.45, 7) is 6.26. The Morgan fingerprint density at radius 2 is 1.95 bits per heavy atom. The minimum absolute atomic E-state index is 0.193. The molecule has 0 amide bonds. The zero-order chi connectivity index (χ0) is 16.2. The van der Waals surface area contributed by atoms with Crippen molar-refractivity contribution in [2.24, 2.45) is 0 Å². The first-order chi connectivity index (χ1) is 10.4. The minimum atomic E-state index is -3.66. The Balaban J connectivity index is 2.26. The fourth-order valence-electron chi connectivity index (χ4n) is 1.94. The van der Waals surface area contributed by atoms with Gasteiger partial charge in [-0.25, -0.2) is 13.4 Å². The molecule has 1 aromatic heterocycles. The highest BCUT2D eigenvalue weighted by Gasteiger charge is 2.17. The van der Waals surface area contributed by atoms with Crippen molar-refractivity contribution in [1.82, 2.24) is 4.98 Å². The Hall–Kier alpha value is -2.08. The number of hydrogen-bond acceptors (Lipinski definition) is 4. The third-order valence-corrected chi connectivity index (χ3v) is 4.50.